The Balaban J connectivity index is 2.30. The molecule has 118 valence electrons. The predicted octanol–water partition coefficient (Wildman–Crippen LogP) is 4.70. The molecule has 0 saturated carbocycles. The molecule has 7 heteroatoms. The molecular formula is C15H18ClN3O2S. The molecule has 22 heavy (non-hydrogen) atoms. The van der Waals surface area contributed by atoms with Crippen molar-refractivity contribution < 1.29 is 9.90 Å². The van der Waals surface area contributed by atoms with Gasteiger partial charge in [0.1, 0.15) is 10.0 Å². The average Bonchev–Trinajstić information content (AvgIpc) is 2.87. The minimum atomic E-state index is -0.969. The lowest BCUT2D eigenvalue weighted by Gasteiger charge is -2.36. The standard InChI is InChI=1S/C15H18ClN3O2S/c1-9(19(14(20)21)15(2,3)4)12-17-18-13(22-12)10-5-7-11(16)8-6-10/h5-9H,1-4H3,(H,20,21). The Bertz CT molecular complexity index is 664. The Hall–Kier alpha value is -1.66. The highest BCUT2D eigenvalue weighted by Gasteiger charge is 2.33. The minimum absolute atomic E-state index is 0.365. The van der Waals surface area contributed by atoms with E-state index in [9.17, 15) is 9.90 Å². The van der Waals surface area contributed by atoms with E-state index in [2.05, 4.69) is 10.2 Å². The molecule has 1 N–H and O–H groups in total. The zero-order valence-corrected chi connectivity index (χ0v) is 14.4. The van der Waals surface area contributed by atoms with E-state index in [0.29, 0.717) is 10.0 Å². The predicted molar refractivity (Wildman–Crippen MR) is 88.4 cm³/mol. The van der Waals surface area contributed by atoms with Crippen LogP contribution in [0.2, 0.25) is 5.02 Å². The first-order chi connectivity index (χ1) is 10.2. The molecule has 1 atom stereocenters. The second kappa shape index (κ2) is 6.22. The van der Waals surface area contributed by atoms with Gasteiger partial charge in [-0.3, -0.25) is 4.90 Å². The van der Waals surface area contributed by atoms with Gasteiger partial charge in [0.15, 0.2) is 0 Å². The van der Waals surface area contributed by atoms with Crippen LogP contribution in [0.25, 0.3) is 10.6 Å². The Morgan fingerprint density at radius 3 is 2.36 bits per heavy atom. The summed E-state index contributed by atoms with van der Waals surface area (Å²) < 4.78 is 0. The maximum atomic E-state index is 11.5. The summed E-state index contributed by atoms with van der Waals surface area (Å²) >= 11 is 7.27. The molecule has 1 amide bonds. The molecule has 1 unspecified atom stereocenters. The van der Waals surface area contributed by atoms with Gasteiger partial charge < -0.3 is 5.11 Å². The summed E-state index contributed by atoms with van der Waals surface area (Å²) in [7, 11) is 0. The van der Waals surface area contributed by atoms with E-state index in [4.69, 9.17) is 11.6 Å². The number of hydrogen-bond donors (Lipinski definition) is 1. The average molecular weight is 340 g/mol. The lowest BCUT2D eigenvalue weighted by Crippen LogP contribution is -2.46. The van der Waals surface area contributed by atoms with Crippen LogP contribution in [-0.2, 0) is 0 Å². The number of halogens is 1. The molecule has 0 aliphatic heterocycles. The van der Waals surface area contributed by atoms with Gasteiger partial charge in [-0.2, -0.15) is 0 Å². The van der Waals surface area contributed by atoms with Gasteiger partial charge in [-0.05, 0) is 39.8 Å². The Labute approximate surface area is 138 Å². The molecule has 2 aromatic rings. The lowest BCUT2D eigenvalue weighted by atomic mass is 10.0. The third-order valence-corrected chi connectivity index (χ3v) is 4.60. The van der Waals surface area contributed by atoms with Gasteiger partial charge in [0.2, 0.25) is 0 Å². The zero-order valence-electron chi connectivity index (χ0n) is 12.9. The molecule has 1 aromatic carbocycles. The van der Waals surface area contributed by atoms with Crippen molar-refractivity contribution in [3.8, 4) is 10.6 Å². The van der Waals surface area contributed by atoms with Crippen LogP contribution in [0, 0.1) is 0 Å². The van der Waals surface area contributed by atoms with Crippen molar-refractivity contribution in [3.05, 3.63) is 34.3 Å². The number of amides is 1. The molecule has 0 bridgehead atoms. The van der Waals surface area contributed by atoms with Crippen LogP contribution < -0.4 is 0 Å². The summed E-state index contributed by atoms with van der Waals surface area (Å²) in [5.41, 5.74) is 0.398. The molecule has 5 nitrogen and oxygen atoms in total. The Kier molecular flexibility index (Phi) is 4.72. The second-order valence-corrected chi connectivity index (χ2v) is 7.40. The van der Waals surface area contributed by atoms with Crippen LogP contribution in [0.1, 0.15) is 38.7 Å². The van der Waals surface area contributed by atoms with E-state index in [-0.39, 0.29) is 6.04 Å². The van der Waals surface area contributed by atoms with Crippen molar-refractivity contribution in [2.24, 2.45) is 0 Å². The van der Waals surface area contributed by atoms with Crippen LogP contribution in [0.5, 0.6) is 0 Å². The van der Waals surface area contributed by atoms with Gasteiger partial charge in [-0.25, -0.2) is 4.79 Å². The first-order valence-electron chi connectivity index (χ1n) is 6.81. The van der Waals surface area contributed by atoms with E-state index in [1.165, 1.54) is 16.2 Å². The number of aromatic nitrogens is 2. The maximum Gasteiger partial charge on any atom is 0.408 e. The smallest absolute Gasteiger partial charge is 0.408 e. The maximum absolute atomic E-state index is 11.5. The van der Waals surface area contributed by atoms with E-state index < -0.39 is 11.6 Å². The van der Waals surface area contributed by atoms with E-state index in [1.54, 1.807) is 12.1 Å². The van der Waals surface area contributed by atoms with E-state index in [1.807, 2.05) is 39.8 Å². The van der Waals surface area contributed by atoms with Gasteiger partial charge in [-0.15, -0.1) is 10.2 Å². The summed E-state index contributed by atoms with van der Waals surface area (Å²) in [5.74, 6) is 0. The normalized spacial score (nSPS) is 13.0. The fraction of sp³-hybridized carbons (Fsp3) is 0.400. The first-order valence-corrected chi connectivity index (χ1v) is 8.01. The highest BCUT2D eigenvalue weighted by Crippen LogP contribution is 2.33. The summed E-state index contributed by atoms with van der Waals surface area (Å²) in [6.45, 7) is 7.40. The SMILES string of the molecule is CC(c1nnc(-c2ccc(Cl)cc2)s1)N(C(=O)O)C(C)(C)C. The first kappa shape index (κ1) is 16.7. The summed E-state index contributed by atoms with van der Waals surface area (Å²) in [6, 6.07) is 6.96. The zero-order chi connectivity index (χ0) is 16.5. The third kappa shape index (κ3) is 3.56. The van der Waals surface area contributed by atoms with Crippen molar-refractivity contribution in [2.45, 2.75) is 39.3 Å². The number of carboxylic acid groups (broad SMARTS) is 1. The number of hydrogen-bond acceptors (Lipinski definition) is 4. The summed E-state index contributed by atoms with van der Waals surface area (Å²) in [4.78, 5) is 12.9. The molecule has 1 aromatic heterocycles. The number of nitrogens with zero attached hydrogens (tertiary/aromatic N) is 3. The van der Waals surface area contributed by atoms with Crippen molar-refractivity contribution in [2.75, 3.05) is 0 Å². The molecule has 0 aliphatic rings. The monoisotopic (exact) mass is 339 g/mol. The van der Waals surface area contributed by atoms with Crippen molar-refractivity contribution in [1.29, 1.82) is 0 Å². The number of rotatable bonds is 3. The van der Waals surface area contributed by atoms with Crippen LogP contribution >= 0.6 is 22.9 Å². The van der Waals surface area contributed by atoms with Gasteiger partial charge in [-0.1, -0.05) is 35.1 Å². The van der Waals surface area contributed by atoms with Crippen molar-refractivity contribution in [3.63, 3.8) is 0 Å². The van der Waals surface area contributed by atoms with Gasteiger partial charge in [0, 0.05) is 16.1 Å². The lowest BCUT2D eigenvalue weighted by molar-refractivity contribution is 0.0750. The van der Waals surface area contributed by atoms with Crippen molar-refractivity contribution in [1.82, 2.24) is 15.1 Å². The highest BCUT2D eigenvalue weighted by atomic mass is 35.5. The fourth-order valence-electron chi connectivity index (χ4n) is 2.26. The van der Waals surface area contributed by atoms with Gasteiger partial charge in [0.25, 0.3) is 0 Å². The molecular weight excluding hydrogens is 322 g/mol. The summed E-state index contributed by atoms with van der Waals surface area (Å²) in [6.07, 6.45) is -0.969. The molecule has 0 saturated heterocycles. The largest absolute Gasteiger partial charge is 0.465 e. The molecule has 0 spiro atoms. The van der Waals surface area contributed by atoms with Gasteiger partial charge in [0.05, 0.1) is 6.04 Å². The molecule has 0 aliphatic carbocycles. The van der Waals surface area contributed by atoms with Crippen LogP contribution in [0.3, 0.4) is 0 Å². The van der Waals surface area contributed by atoms with Crippen LogP contribution in [-0.4, -0.2) is 31.8 Å². The third-order valence-electron chi connectivity index (χ3n) is 3.21. The van der Waals surface area contributed by atoms with Crippen LogP contribution in [0.4, 0.5) is 4.79 Å². The molecule has 0 fully saturated rings. The van der Waals surface area contributed by atoms with Crippen molar-refractivity contribution >= 4 is 29.0 Å². The Morgan fingerprint density at radius 2 is 1.86 bits per heavy atom. The topological polar surface area (TPSA) is 66.3 Å². The summed E-state index contributed by atoms with van der Waals surface area (Å²) in [5, 5.41) is 19.9. The highest BCUT2D eigenvalue weighted by molar-refractivity contribution is 7.14. The number of carbonyl (C=O) groups is 1. The quantitative estimate of drug-likeness (QED) is 0.880. The van der Waals surface area contributed by atoms with E-state index in [0.717, 1.165) is 10.6 Å². The molecule has 2 rings (SSSR count). The molecule has 0 radical (unpaired) electrons. The van der Waals surface area contributed by atoms with Gasteiger partial charge >= 0.3 is 6.09 Å². The Morgan fingerprint density at radius 1 is 1.27 bits per heavy atom. The van der Waals surface area contributed by atoms with E-state index >= 15 is 0 Å². The van der Waals surface area contributed by atoms with Crippen LogP contribution in [0.15, 0.2) is 24.3 Å². The number of benzene rings is 1. The fourth-order valence-corrected chi connectivity index (χ4v) is 3.27. The second-order valence-electron chi connectivity index (χ2n) is 5.95. The molecule has 1 heterocycles. The minimum Gasteiger partial charge on any atom is -0.465 e.